The number of hydrogen-bond donors (Lipinski definition) is 2. The minimum Gasteiger partial charge on any atom is -0.370 e. The predicted molar refractivity (Wildman–Crippen MR) is 106 cm³/mol. The first kappa shape index (κ1) is 18.1. The Morgan fingerprint density at radius 2 is 2.00 bits per heavy atom. The van der Waals surface area contributed by atoms with Gasteiger partial charge in [0.15, 0.2) is 5.96 Å². The fourth-order valence-electron chi connectivity index (χ4n) is 3.42. The fraction of sp³-hybridized carbons (Fsp3) is 0.579. The third kappa shape index (κ3) is 5.39. The molecule has 2 fully saturated rings. The Morgan fingerprint density at radius 3 is 2.76 bits per heavy atom. The Hall–Kier alpha value is -1.69. The molecule has 1 aromatic carbocycles. The number of nitrogens with one attached hydrogen (secondary N) is 1. The van der Waals surface area contributed by atoms with Gasteiger partial charge in [-0.2, -0.15) is 11.8 Å². The fourth-order valence-corrected chi connectivity index (χ4v) is 4.32. The molecule has 25 heavy (non-hydrogen) atoms. The maximum Gasteiger partial charge on any atom is 0.227 e. The molecule has 1 aromatic rings. The lowest BCUT2D eigenvalue weighted by Gasteiger charge is -2.27. The van der Waals surface area contributed by atoms with Gasteiger partial charge in [0.1, 0.15) is 0 Å². The molecule has 0 unspecified atom stereocenters. The molecule has 1 heterocycles. The highest BCUT2D eigenvalue weighted by Crippen LogP contribution is 2.25. The van der Waals surface area contributed by atoms with Crippen LogP contribution in [-0.4, -0.2) is 41.4 Å². The van der Waals surface area contributed by atoms with Gasteiger partial charge in [-0.05, 0) is 30.5 Å². The first-order valence-corrected chi connectivity index (χ1v) is 10.4. The molecule has 0 spiro atoms. The Kier molecular flexibility index (Phi) is 6.62. The Bertz CT molecular complexity index is 607. The number of benzene rings is 1. The van der Waals surface area contributed by atoms with Crippen LogP contribution >= 0.6 is 11.8 Å². The number of amides is 1. The van der Waals surface area contributed by atoms with Gasteiger partial charge in [0.2, 0.25) is 5.91 Å². The van der Waals surface area contributed by atoms with Gasteiger partial charge in [-0.3, -0.25) is 4.79 Å². The van der Waals surface area contributed by atoms with Gasteiger partial charge < -0.3 is 16.0 Å². The van der Waals surface area contributed by atoms with E-state index in [0.717, 1.165) is 48.7 Å². The highest BCUT2D eigenvalue weighted by atomic mass is 32.2. The van der Waals surface area contributed by atoms with E-state index in [9.17, 15) is 4.79 Å². The molecule has 0 atom stereocenters. The largest absolute Gasteiger partial charge is 0.370 e. The highest BCUT2D eigenvalue weighted by molar-refractivity contribution is 7.99. The highest BCUT2D eigenvalue weighted by Gasteiger charge is 2.21. The first-order chi connectivity index (χ1) is 12.2. The minimum absolute atomic E-state index is 0.158. The van der Waals surface area contributed by atoms with Gasteiger partial charge in [-0.15, -0.1) is 0 Å². The van der Waals surface area contributed by atoms with Gasteiger partial charge in [0.25, 0.3) is 0 Å². The molecule has 1 aliphatic heterocycles. The van der Waals surface area contributed by atoms with Gasteiger partial charge in [-0.1, -0.05) is 31.4 Å². The summed E-state index contributed by atoms with van der Waals surface area (Å²) in [6.07, 6.45) is 5.62. The number of aliphatic imine (C=N–C) groups is 1. The average molecular weight is 361 g/mol. The molecule has 0 bridgehead atoms. The number of carbonyl (C=O) groups excluding carboxylic acids is 1. The lowest BCUT2D eigenvalue weighted by molar-refractivity contribution is -0.120. The molecule has 1 aliphatic carbocycles. The van der Waals surface area contributed by atoms with Crippen molar-refractivity contribution in [2.24, 2.45) is 16.6 Å². The number of nitrogens with zero attached hydrogens (tertiary/aromatic N) is 2. The van der Waals surface area contributed by atoms with Crippen molar-refractivity contribution >= 4 is 29.3 Å². The minimum atomic E-state index is 0.158. The van der Waals surface area contributed by atoms with E-state index in [1.807, 2.05) is 36.0 Å². The Morgan fingerprint density at radius 1 is 1.24 bits per heavy atom. The second-order valence-electron chi connectivity index (χ2n) is 6.80. The average Bonchev–Trinajstić information content (AvgIpc) is 2.68. The van der Waals surface area contributed by atoms with Crippen LogP contribution in [0.4, 0.5) is 5.69 Å². The van der Waals surface area contributed by atoms with E-state index in [1.54, 1.807) is 0 Å². The zero-order valence-electron chi connectivity index (χ0n) is 14.7. The SMILES string of the molecule is NC(=NCc1cccc(NC(=O)C2CCCCC2)c1)N1CCSCC1. The molecule has 1 amide bonds. The van der Waals surface area contributed by atoms with E-state index in [4.69, 9.17) is 5.73 Å². The van der Waals surface area contributed by atoms with Crippen molar-refractivity contribution in [2.45, 2.75) is 38.6 Å². The standard InChI is InChI=1S/C19H28N4OS/c20-19(23-9-11-25-12-10-23)21-14-15-5-4-8-17(13-15)22-18(24)16-6-2-1-3-7-16/h4-5,8,13,16H,1-3,6-7,9-12,14H2,(H2,20,21)(H,22,24). The molecule has 6 heteroatoms. The summed E-state index contributed by atoms with van der Waals surface area (Å²) in [6, 6.07) is 7.94. The van der Waals surface area contributed by atoms with Gasteiger partial charge in [-0.25, -0.2) is 4.99 Å². The number of nitrogens with two attached hydrogens (primary N) is 1. The van der Waals surface area contributed by atoms with E-state index in [1.165, 1.54) is 19.3 Å². The van der Waals surface area contributed by atoms with Crippen molar-refractivity contribution in [3.05, 3.63) is 29.8 Å². The number of hydrogen-bond acceptors (Lipinski definition) is 3. The van der Waals surface area contributed by atoms with Crippen LogP contribution in [0.5, 0.6) is 0 Å². The Labute approximate surface area is 154 Å². The Balaban J connectivity index is 1.56. The topological polar surface area (TPSA) is 70.7 Å². The van der Waals surface area contributed by atoms with Crippen molar-refractivity contribution in [3.8, 4) is 0 Å². The van der Waals surface area contributed by atoms with Crippen molar-refractivity contribution in [3.63, 3.8) is 0 Å². The summed E-state index contributed by atoms with van der Waals surface area (Å²) in [5.41, 5.74) is 8.03. The number of thioether (sulfide) groups is 1. The van der Waals surface area contributed by atoms with Crippen molar-refractivity contribution < 1.29 is 4.79 Å². The van der Waals surface area contributed by atoms with Crippen LogP contribution in [0.2, 0.25) is 0 Å². The van der Waals surface area contributed by atoms with E-state index in [2.05, 4.69) is 15.2 Å². The summed E-state index contributed by atoms with van der Waals surface area (Å²) in [5.74, 6) is 3.17. The van der Waals surface area contributed by atoms with Crippen LogP contribution in [0.1, 0.15) is 37.7 Å². The third-order valence-electron chi connectivity index (χ3n) is 4.93. The van der Waals surface area contributed by atoms with E-state index < -0.39 is 0 Å². The predicted octanol–water partition coefficient (Wildman–Crippen LogP) is 3.07. The maximum atomic E-state index is 12.4. The number of guanidine groups is 1. The molecule has 1 saturated carbocycles. The second kappa shape index (κ2) is 9.13. The number of rotatable bonds is 4. The molecule has 5 nitrogen and oxygen atoms in total. The van der Waals surface area contributed by atoms with Crippen LogP contribution in [0.3, 0.4) is 0 Å². The van der Waals surface area contributed by atoms with Crippen LogP contribution in [0.25, 0.3) is 0 Å². The van der Waals surface area contributed by atoms with Crippen molar-refractivity contribution in [1.82, 2.24) is 4.90 Å². The van der Waals surface area contributed by atoms with E-state index in [0.29, 0.717) is 12.5 Å². The van der Waals surface area contributed by atoms with Gasteiger partial charge in [0.05, 0.1) is 6.54 Å². The molecule has 2 aliphatic rings. The third-order valence-corrected chi connectivity index (χ3v) is 5.87. The molecule has 3 N–H and O–H groups in total. The summed E-state index contributed by atoms with van der Waals surface area (Å²) in [4.78, 5) is 19.1. The molecule has 136 valence electrons. The molecule has 0 radical (unpaired) electrons. The second-order valence-corrected chi connectivity index (χ2v) is 8.02. The van der Waals surface area contributed by atoms with Gasteiger partial charge >= 0.3 is 0 Å². The normalized spacial score (nSPS) is 19.7. The molecule has 1 saturated heterocycles. The lowest BCUT2D eigenvalue weighted by atomic mass is 9.88. The quantitative estimate of drug-likeness (QED) is 0.639. The molecular weight excluding hydrogens is 332 g/mol. The van der Waals surface area contributed by atoms with Gasteiger partial charge in [0, 0.05) is 36.2 Å². The lowest BCUT2D eigenvalue weighted by Crippen LogP contribution is -2.42. The van der Waals surface area contributed by atoms with Crippen LogP contribution in [0, 0.1) is 5.92 Å². The number of anilines is 1. The van der Waals surface area contributed by atoms with E-state index >= 15 is 0 Å². The first-order valence-electron chi connectivity index (χ1n) is 9.25. The summed E-state index contributed by atoms with van der Waals surface area (Å²) in [5, 5.41) is 3.07. The summed E-state index contributed by atoms with van der Waals surface area (Å²) < 4.78 is 0. The summed E-state index contributed by atoms with van der Waals surface area (Å²) in [6.45, 7) is 2.48. The molecular formula is C19H28N4OS. The van der Waals surface area contributed by atoms with E-state index in [-0.39, 0.29) is 11.8 Å². The summed E-state index contributed by atoms with van der Waals surface area (Å²) >= 11 is 1.96. The van der Waals surface area contributed by atoms with Crippen molar-refractivity contribution in [1.29, 1.82) is 0 Å². The van der Waals surface area contributed by atoms with Crippen LogP contribution < -0.4 is 11.1 Å². The zero-order chi connectivity index (χ0) is 17.5. The molecule has 0 aromatic heterocycles. The van der Waals surface area contributed by atoms with Crippen LogP contribution in [-0.2, 0) is 11.3 Å². The summed E-state index contributed by atoms with van der Waals surface area (Å²) in [7, 11) is 0. The monoisotopic (exact) mass is 360 g/mol. The maximum absolute atomic E-state index is 12.4. The zero-order valence-corrected chi connectivity index (χ0v) is 15.6. The number of carbonyl (C=O) groups is 1. The van der Waals surface area contributed by atoms with Crippen molar-refractivity contribution in [2.75, 3.05) is 29.9 Å². The smallest absolute Gasteiger partial charge is 0.227 e. The van der Waals surface area contributed by atoms with Crippen LogP contribution in [0.15, 0.2) is 29.3 Å². The molecule has 3 rings (SSSR count).